The van der Waals surface area contributed by atoms with Crippen LogP contribution in [0.4, 0.5) is 29.3 Å². The van der Waals surface area contributed by atoms with Crippen LogP contribution >= 0.6 is 22.9 Å². The number of nitrogens with one attached hydrogen (secondary N) is 1. The normalized spacial score (nSPS) is 23.0. The second-order valence-corrected chi connectivity index (χ2v) is 18.4. The Morgan fingerprint density at radius 1 is 0.909 bits per heavy atom. The molecule has 8 rings (SSSR count). The van der Waals surface area contributed by atoms with Gasteiger partial charge in [0, 0.05) is 60.7 Å². The van der Waals surface area contributed by atoms with Crippen LogP contribution in [0.3, 0.4) is 0 Å². The summed E-state index contributed by atoms with van der Waals surface area (Å²) in [7, 11) is 0. The number of piperidine rings is 1. The summed E-state index contributed by atoms with van der Waals surface area (Å²) in [5, 5.41) is 3.10. The number of piperazine rings is 1. The van der Waals surface area contributed by atoms with Gasteiger partial charge in [0.05, 0.1) is 15.2 Å². The number of carbonyl (C=O) groups is 2. The van der Waals surface area contributed by atoms with Gasteiger partial charge in [0.1, 0.15) is 34.5 Å². The lowest BCUT2D eigenvalue weighted by Crippen LogP contribution is -2.56. The Hall–Kier alpha value is -4.08. The van der Waals surface area contributed by atoms with Crippen LogP contribution < -0.4 is 15.0 Å². The Balaban J connectivity index is 1.20. The topological polar surface area (TPSA) is 122 Å². The predicted octanol–water partition coefficient (Wildman–Crippen LogP) is 8.78. The van der Waals surface area contributed by atoms with Gasteiger partial charge in [0.15, 0.2) is 10.9 Å². The highest BCUT2D eigenvalue weighted by Crippen LogP contribution is 2.45. The van der Waals surface area contributed by atoms with E-state index in [1.54, 1.807) is 31.7 Å². The van der Waals surface area contributed by atoms with Crippen LogP contribution in [0.1, 0.15) is 80.1 Å². The number of nitrogens with zero attached hydrogens (tertiary/aromatic N) is 6. The molecule has 0 aliphatic carbocycles. The van der Waals surface area contributed by atoms with E-state index >= 15 is 8.78 Å². The summed E-state index contributed by atoms with van der Waals surface area (Å²) in [6, 6.07) is 4.58. The van der Waals surface area contributed by atoms with Crippen LogP contribution in [0, 0.1) is 11.6 Å². The minimum absolute atomic E-state index is 0.00361. The van der Waals surface area contributed by atoms with Crippen molar-refractivity contribution in [2.24, 2.45) is 0 Å². The SMILES string of the molecule is CC(C)(C)OC(=O)Nc1nc2c(-c3c(Cl)cc4c(N5C6CCC5CN(C(=O)OC(C)(C)C)C6)nc(OC5CC6CCCCN6C5)nc4c3F)ccc(F)c2s1. The molecule has 55 heavy (non-hydrogen) atoms. The van der Waals surface area contributed by atoms with E-state index in [-0.39, 0.29) is 67.3 Å². The molecule has 2 amide bonds. The summed E-state index contributed by atoms with van der Waals surface area (Å²) in [5.41, 5.74) is -1.05. The van der Waals surface area contributed by atoms with Gasteiger partial charge in [-0.2, -0.15) is 9.97 Å². The summed E-state index contributed by atoms with van der Waals surface area (Å²) < 4.78 is 50.3. The molecule has 0 spiro atoms. The van der Waals surface area contributed by atoms with Crippen molar-refractivity contribution in [2.75, 3.05) is 36.4 Å². The first-order chi connectivity index (χ1) is 26.0. The van der Waals surface area contributed by atoms with E-state index in [0.717, 1.165) is 56.5 Å². The van der Waals surface area contributed by atoms with Gasteiger partial charge in [-0.3, -0.25) is 10.2 Å². The van der Waals surface area contributed by atoms with Crippen molar-refractivity contribution in [3.63, 3.8) is 0 Å². The Morgan fingerprint density at radius 2 is 1.64 bits per heavy atom. The quantitative estimate of drug-likeness (QED) is 0.210. The zero-order chi connectivity index (χ0) is 39.0. The Bertz CT molecular complexity index is 2150. The summed E-state index contributed by atoms with van der Waals surface area (Å²) in [5.74, 6) is -0.830. The molecule has 2 aromatic heterocycles. The van der Waals surface area contributed by atoms with E-state index in [4.69, 9.17) is 35.8 Å². The maximum Gasteiger partial charge on any atom is 0.413 e. The Kier molecular flexibility index (Phi) is 9.72. The third kappa shape index (κ3) is 7.59. The van der Waals surface area contributed by atoms with Crippen molar-refractivity contribution in [3.05, 3.63) is 34.9 Å². The summed E-state index contributed by atoms with van der Waals surface area (Å²) >= 11 is 7.90. The molecule has 4 saturated heterocycles. The number of fused-ring (bicyclic) bond motifs is 5. The van der Waals surface area contributed by atoms with Crippen molar-refractivity contribution >= 4 is 67.2 Å². The van der Waals surface area contributed by atoms with Crippen LogP contribution in [0.15, 0.2) is 18.2 Å². The van der Waals surface area contributed by atoms with Crippen molar-refractivity contribution in [1.82, 2.24) is 24.8 Å². The first-order valence-corrected chi connectivity index (χ1v) is 20.2. The van der Waals surface area contributed by atoms with Crippen molar-refractivity contribution in [1.29, 1.82) is 0 Å². The average molecular weight is 798 g/mol. The van der Waals surface area contributed by atoms with Crippen molar-refractivity contribution in [2.45, 2.75) is 115 Å². The molecular formula is C39H46ClF2N7O5S. The fraction of sp³-hybridized carbons (Fsp3) is 0.564. The molecule has 12 nitrogen and oxygen atoms in total. The smallest absolute Gasteiger partial charge is 0.413 e. The molecule has 4 aliphatic heterocycles. The fourth-order valence-electron chi connectivity index (χ4n) is 8.44. The van der Waals surface area contributed by atoms with E-state index in [1.165, 1.54) is 18.6 Å². The van der Waals surface area contributed by atoms with Crippen molar-refractivity contribution in [3.8, 4) is 17.1 Å². The number of halogens is 3. The molecule has 0 radical (unpaired) electrons. The zero-order valence-electron chi connectivity index (χ0n) is 31.9. The number of amides is 2. The van der Waals surface area contributed by atoms with Crippen LogP contribution in [-0.4, -0.2) is 98.5 Å². The van der Waals surface area contributed by atoms with E-state index in [1.807, 2.05) is 20.8 Å². The summed E-state index contributed by atoms with van der Waals surface area (Å²) in [6.07, 6.45) is 4.62. The van der Waals surface area contributed by atoms with Gasteiger partial charge in [-0.05, 0) is 92.0 Å². The van der Waals surface area contributed by atoms with Crippen LogP contribution in [0.25, 0.3) is 32.2 Å². The molecule has 4 aromatic rings. The zero-order valence-corrected chi connectivity index (χ0v) is 33.5. The van der Waals surface area contributed by atoms with Gasteiger partial charge in [0.2, 0.25) is 0 Å². The van der Waals surface area contributed by atoms with E-state index in [0.29, 0.717) is 30.3 Å². The monoisotopic (exact) mass is 797 g/mol. The number of anilines is 2. The number of benzene rings is 2. The van der Waals surface area contributed by atoms with Gasteiger partial charge in [-0.25, -0.2) is 23.4 Å². The third-order valence-corrected chi connectivity index (χ3v) is 11.9. The lowest BCUT2D eigenvalue weighted by atomic mass is 10.0. The first-order valence-electron chi connectivity index (χ1n) is 19.0. The van der Waals surface area contributed by atoms with Crippen LogP contribution in [0.5, 0.6) is 6.01 Å². The molecular weight excluding hydrogens is 752 g/mol. The Morgan fingerprint density at radius 3 is 2.33 bits per heavy atom. The standard InChI is InChI=1S/C39H46ClF2N7O5S/c1-38(2,3)53-36(50)46-35-44-31-24(12-13-27(41)32(31)55-35)28-26(40)16-25-30(29(28)42)43-34(52-23-15-20-9-7-8-14-47(20)19-23)45-33(25)49-21-10-11-22(49)18-48(17-21)37(51)54-39(4,5)6/h12-13,16,20-23H,7-11,14-15,17-19H2,1-6H3,(H,44,46,50). The molecule has 0 saturated carbocycles. The van der Waals surface area contributed by atoms with E-state index < -0.39 is 28.9 Å². The number of carbonyl (C=O) groups excluding carboxylic acids is 2. The molecule has 16 heteroatoms. The van der Waals surface area contributed by atoms with Gasteiger partial charge < -0.3 is 24.0 Å². The van der Waals surface area contributed by atoms with E-state index in [2.05, 4.69) is 20.1 Å². The second-order valence-electron chi connectivity index (χ2n) is 17.0. The van der Waals surface area contributed by atoms with Gasteiger partial charge in [-0.1, -0.05) is 29.4 Å². The number of hydrogen-bond donors (Lipinski definition) is 1. The molecule has 4 aliphatic rings. The number of likely N-dealkylation sites (tertiary alicyclic amines) is 1. The van der Waals surface area contributed by atoms with Crippen molar-refractivity contribution < 1.29 is 32.6 Å². The van der Waals surface area contributed by atoms with Gasteiger partial charge in [-0.15, -0.1) is 0 Å². The molecule has 2 bridgehead atoms. The molecule has 6 heterocycles. The molecule has 4 unspecified atom stereocenters. The highest BCUT2D eigenvalue weighted by Gasteiger charge is 2.44. The predicted molar refractivity (Wildman–Crippen MR) is 208 cm³/mol. The Labute approximate surface area is 327 Å². The lowest BCUT2D eigenvalue weighted by molar-refractivity contribution is 0.0209. The maximum atomic E-state index is 17.3. The van der Waals surface area contributed by atoms with Gasteiger partial charge >= 0.3 is 18.2 Å². The molecule has 4 atom stereocenters. The minimum atomic E-state index is -0.763. The first kappa shape index (κ1) is 37.8. The highest BCUT2D eigenvalue weighted by molar-refractivity contribution is 7.22. The molecule has 4 fully saturated rings. The summed E-state index contributed by atoms with van der Waals surface area (Å²) in [6.45, 7) is 13.3. The lowest BCUT2D eigenvalue weighted by Gasteiger charge is -2.42. The van der Waals surface area contributed by atoms with Gasteiger partial charge in [0.25, 0.3) is 0 Å². The average Bonchev–Trinajstić information content (AvgIpc) is 3.77. The molecule has 2 aromatic carbocycles. The second kappa shape index (κ2) is 14.1. The molecule has 1 N–H and O–H groups in total. The molecule has 294 valence electrons. The summed E-state index contributed by atoms with van der Waals surface area (Å²) in [4.78, 5) is 46.2. The van der Waals surface area contributed by atoms with Crippen LogP contribution in [-0.2, 0) is 9.47 Å². The van der Waals surface area contributed by atoms with E-state index in [9.17, 15) is 9.59 Å². The number of thiazole rings is 1. The number of rotatable bonds is 5. The minimum Gasteiger partial charge on any atom is -0.459 e. The highest BCUT2D eigenvalue weighted by atomic mass is 35.5. The largest absolute Gasteiger partial charge is 0.459 e. The third-order valence-electron chi connectivity index (χ3n) is 10.6. The number of ether oxygens (including phenoxy) is 3. The number of hydrogen-bond acceptors (Lipinski definition) is 11. The number of aromatic nitrogens is 3. The van der Waals surface area contributed by atoms with Crippen LogP contribution in [0.2, 0.25) is 5.02 Å². The fourth-order valence-corrected chi connectivity index (χ4v) is 9.62. The maximum absolute atomic E-state index is 17.3.